The van der Waals surface area contributed by atoms with Gasteiger partial charge in [0.25, 0.3) is 0 Å². The number of aliphatic hydroxyl groups excluding tert-OH is 1. The van der Waals surface area contributed by atoms with Gasteiger partial charge in [-0.2, -0.15) is 0 Å². The molecule has 2 heterocycles. The molecule has 0 aliphatic carbocycles. The molecule has 2 aromatic heterocycles. The molecule has 0 atom stereocenters. The maximum Gasteiger partial charge on any atom is 0.352 e. The first kappa shape index (κ1) is 17.2. The van der Waals surface area contributed by atoms with Crippen LogP contribution in [0.15, 0.2) is 41.8 Å². The normalized spacial score (nSPS) is 11.0. The summed E-state index contributed by atoms with van der Waals surface area (Å²) in [5.41, 5.74) is 2.35. The topological polar surface area (TPSA) is 82.8 Å². The van der Waals surface area contributed by atoms with Crippen LogP contribution in [-0.2, 0) is 17.9 Å². The number of aliphatic hydroxyl groups is 1. The van der Waals surface area contributed by atoms with Gasteiger partial charge < -0.3 is 19.7 Å². The van der Waals surface area contributed by atoms with Crippen LogP contribution >= 0.6 is 11.3 Å². The second-order valence-electron chi connectivity index (χ2n) is 5.55. The maximum atomic E-state index is 12.8. The van der Waals surface area contributed by atoms with Crippen molar-refractivity contribution in [2.75, 3.05) is 11.4 Å². The van der Waals surface area contributed by atoms with Gasteiger partial charge in [-0.3, -0.25) is 4.79 Å². The van der Waals surface area contributed by atoms with Gasteiger partial charge in [0.2, 0.25) is 5.91 Å². The summed E-state index contributed by atoms with van der Waals surface area (Å²) in [5.74, 6) is -1.24. The summed E-state index contributed by atoms with van der Waals surface area (Å²) in [7, 11) is 0. The van der Waals surface area contributed by atoms with Gasteiger partial charge in [0.1, 0.15) is 12.2 Å². The van der Waals surface area contributed by atoms with Crippen molar-refractivity contribution in [1.82, 2.24) is 4.57 Å². The highest BCUT2D eigenvalue weighted by Crippen LogP contribution is 2.26. The van der Waals surface area contributed by atoms with E-state index in [1.54, 1.807) is 39.8 Å². The quantitative estimate of drug-likeness (QED) is 0.710. The fourth-order valence-electron chi connectivity index (χ4n) is 2.83. The number of nitrogens with zero attached hydrogens (tertiary/aromatic N) is 2. The lowest BCUT2D eigenvalue weighted by molar-refractivity contribution is -0.119. The number of aromatic carboxylic acids is 1. The minimum atomic E-state index is -1.05. The highest BCUT2D eigenvalue weighted by molar-refractivity contribution is 7.17. The lowest BCUT2D eigenvalue weighted by Crippen LogP contribution is -2.34. The Hall–Kier alpha value is -2.64. The number of rotatable bonds is 6. The Morgan fingerprint density at radius 1 is 1.20 bits per heavy atom. The van der Waals surface area contributed by atoms with Gasteiger partial charge in [-0.25, -0.2) is 4.79 Å². The van der Waals surface area contributed by atoms with Crippen molar-refractivity contribution in [3.63, 3.8) is 0 Å². The first-order valence-electron chi connectivity index (χ1n) is 7.85. The molecule has 1 amide bonds. The molecule has 1 aromatic carbocycles. The van der Waals surface area contributed by atoms with Crippen molar-refractivity contribution >= 4 is 39.1 Å². The van der Waals surface area contributed by atoms with E-state index < -0.39 is 5.97 Å². The van der Waals surface area contributed by atoms with E-state index >= 15 is 0 Å². The van der Waals surface area contributed by atoms with Crippen LogP contribution < -0.4 is 4.90 Å². The second-order valence-corrected chi connectivity index (χ2v) is 6.50. The van der Waals surface area contributed by atoms with E-state index in [9.17, 15) is 14.7 Å². The number of amides is 1. The predicted molar refractivity (Wildman–Crippen MR) is 97.2 cm³/mol. The lowest BCUT2D eigenvalue weighted by Gasteiger charge is -2.22. The summed E-state index contributed by atoms with van der Waals surface area (Å²) in [4.78, 5) is 25.9. The fourth-order valence-corrected chi connectivity index (χ4v) is 3.65. The zero-order valence-electron chi connectivity index (χ0n) is 13.7. The molecule has 0 spiro atoms. The highest BCUT2D eigenvalue weighted by atomic mass is 32.1. The summed E-state index contributed by atoms with van der Waals surface area (Å²) in [6.07, 6.45) is 0. The van der Waals surface area contributed by atoms with Crippen molar-refractivity contribution < 1.29 is 19.8 Å². The van der Waals surface area contributed by atoms with Crippen molar-refractivity contribution in [2.45, 2.75) is 20.1 Å². The molecule has 2 N–H and O–H groups in total. The van der Waals surface area contributed by atoms with Gasteiger partial charge in [0, 0.05) is 12.2 Å². The number of carbonyl (C=O) groups is 2. The summed E-state index contributed by atoms with van der Waals surface area (Å²) in [5, 5.41) is 20.4. The van der Waals surface area contributed by atoms with Crippen molar-refractivity contribution in [2.24, 2.45) is 0 Å². The summed E-state index contributed by atoms with van der Waals surface area (Å²) < 4.78 is 2.39. The molecule has 6 nitrogen and oxygen atoms in total. The van der Waals surface area contributed by atoms with Crippen LogP contribution in [0.1, 0.15) is 23.0 Å². The molecule has 0 unspecified atom stereocenters. The number of aromatic nitrogens is 1. The summed E-state index contributed by atoms with van der Waals surface area (Å²) >= 11 is 1.45. The van der Waals surface area contributed by atoms with E-state index in [1.165, 1.54) is 11.3 Å². The molecule has 0 fully saturated rings. The van der Waals surface area contributed by atoms with E-state index in [1.807, 2.05) is 18.4 Å². The number of thiophene rings is 1. The Morgan fingerprint density at radius 3 is 2.52 bits per heavy atom. The molecule has 0 saturated heterocycles. The third-order valence-electron chi connectivity index (χ3n) is 4.08. The standard InChI is InChI=1S/C18H18N2O4S/c1-2-19(13-5-3-12(11-21)4-6-13)17(22)10-20-14-7-8-25-16(14)9-15(20)18(23)24/h3-9,21H,2,10-11H2,1H3,(H,23,24). The summed E-state index contributed by atoms with van der Waals surface area (Å²) in [6, 6.07) is 10.5. The number of carbonyl (C=O) groups excluding carboxylic acids is 1. The van der Waals surface area contributed by atoms with Gasteiger partial charge in [-0.1, -0.05) is 12.1 Å². The third kappa shape index (κ3) is 3.29. The zero-order valence-corrected chi connectivity index (χ0v) is 14.5. The molecule has 0 aliphatic rings. The van der Waals surface area contributed by atoms with Crippen LogP contribution in [0.5, 0.6) is 0 Å². The first-order valence-corrected chi connectivity index (χ1v) is 8.73. The van der Waals surface area contributed by atoms with E-state index in [2.05, 4.69) is 0 Å². The number of carboxylic acids is 1. The van der Waals surface area contributed by atoms with Crippen LogP contribution in [-0.4, -0.2) is 33.2 Å². The van der Waals surface area contributed by atoms with Crippen molar-refractivity contribution in [1.29, 1.82) is 0 Å². The SMILES string of the molecule is CCN(C(=O)Cn1c(C(=O)O)cc2sccc21)c1ccc(CO)cc1. The number of hydrogen-bond donors (Lipinski definition) is 2. The Labute approximate surface area is 148 Å². The fraction of sp³-hybridized carbons (Fsp3) is 0.222. The van der Waals surface area contributed by atoms with Gasteiger partial charge in [0.15, 0.2) is 0 Å². The number of likely N-dealkylation sites (N-methyl/N-ethyl adjacent to an activating group) is 1. The smallest absolute Gasteiger partial charge is 0.352 e. The van der Waals surface area contributed by atoms with Gasteiger partial charge in [-0.15, -0.1) is 11.3 Å². The Morgan fingerprint density at radius 2 is 1.92 bits per heavy atom. The molecule has 3 aromatic rings. The average Bonchev–Trinajstić information content (AvgIpc) is 3.19. The van der Waals surface area contributed by atoms with Crippen LogP contribution in [0, 0.1) is 0 Å². The molecule has 0 radical (unpaired) electrons. The molecular weight excluding hydrogens is 340 g/mol. The number of anilines is 1. The molecule has 130 valence electrons. The Kier molecular flexibility index (Phi) is 4.87. The average molecular weight is 358 g/mol. The van der Waals surface area contributed by atoms with Crippen LogP contribution in [0.25, 0.3) is 10.2 Å². The number of fused-ring (bicyclic) bond motifs is 1. The van der Waals surface area contributed by atoms with Crippen molar-refractivity contribution in [3.05, 3.63) is 53.0 Å². The molecule has 0 saturated carbocycles. The summed E-state index contributed by atoms with van der Waals surface area (Å²) in [6.45, 7) is 2.23. The minimum Gasteiger partial charge on any atom is -0.477 e. The monoisotopic (exact) mass is 358 g/mol. The van der Waals surface area contributed by atoms with Gasteiger partial charge in [0.05, 0.1) is 16.8 Å². The molecule has 0 bridgehead atoms. The van der Waals surface area contributed by atoms with E-state index in [4.69, 9.17) is 5.11 Å². The van der Waals surface area contributed by atoms with E-state index in [0.717, 1.165) is 21.5 Å². The molecule has 0 aliphatic heterocycles. The first-order chi connectivity index (χ1) is 12.0. The molecule has 7 heteroatoms. The van der Waals surface area contributed by atoms with Crippen LogP contribution in [0.4, 0.5) is 5.69 Å². The van der Waals surface area contributed by atoms with E-state index in [-0.39, 0.29) is 24.8 Å². The third-order valence-corrected chi connectivity index (χ3v) is 4.94. The Balaban J connectivity index is 1.90. The zero-order chi connectivity index (χ0) is 18.0. The maximum absolute atomic E-state index is 12.8. The number of hydrogen-bond acceptors (Lipinski definition) is 4. The van der Waals surface area contributed by atoms with Crippen LogP contribution in [0.3, 0.4) is 0 Å². The van der Waals surface area contributed by atoms with E-state index in [0.29, 0.717) is 6.54 Å². The molecular formula is C18H18N2O4S. The lowest BCUT2D eigenvalue weighted by atomic mass is 10.2. The largest absolute Gasteiger partial charge is 0.477 e. The highest BCUT2D eigenvalue weighted by Gasteiger charge is 2.21. The molecule has 25 heavy (non-hydrogen) atoms. The van der Waals surface area contributed by atoms with Crippen LogP contribution in [0.2, 0.25) is 0 Å². The van der Waals surface area contributed by atoms with Gasteiger partial charge >= 0.3 is 5.97 Å². The van der Waals surface area contributed by atoms with Gasteiger partial charge in [-0.05, 0) is 42.1 Å². The molecule has 3 rings (SSSR count). The number of carboxylic acid groups (broad SMARTS) is 1. The number of benzene rings is 1. The minimum absolute atomic E-state index is 0.0442. The second kappa shape index (κ2) is 7.08. The predicted octanol–water partition coefficient (Wildman–Crippen LogP) is 2.95. The Bertz CT molecular complexity index is 911. The van der Waals surface area contributed by atoms with Crippen molar-refractivity contribution in [3.8, 4) is 0 Å².